The number of hydrogen-bond acceptors (Lipinski definition) is 3. The van der Waals surface area contributed by atoms with Crippen LogP contribution in [0.4, 0.5) is 0 Å². The van der Waals surface area contributed by atoms with Crippen LogP contribution in [0, 0.1) is 5.92 Å². The van der Waals surface area contributed by atoms with Crippen LogP contribution in [0.3, 0.4) is 0 Å². The van der Waals surface area contributed by atoms with Gasteiger partial charge in [0.05, 0.1) is 5.92 Å². The molecule has 0 radical (unpaired) electrons. The molecular weight excluding hydrogens is 108 g/mol. The lowest BCUT2D eigenvalue weighted by molar-refractivity contribution is -0.140. The van der Waals surface area contributed by atoms with E-state index in [1.807, 2.05) is 0 Å². The summed E-state index contributed by atoms with van der Waals surface area (Å²) in [5, 5.41) is 8.82. The summed E-state index contributed by atoms with van der Waals surface area (Å²) in [6.45, 7) is 1.82. The highest BCUT2D eigenvalue weighted by atomic mass is 16.6. The molecular formula is C5H8O3. The molecule has 0 unspecified atom stereocenters. The van der Waals surface area contributed by atoms with Gasteiger partial charge in [-0.3, -0.25) is 4.79 Å². The van der Waals surface area contributed by atoms with Gasteiger partial charge in [0.2, 0.25) is 0 Å². The maximum atomic E-state index is 10.4. The summed E-state index contributed by atoms with van der Waals surface area (Å²) < 4.78 is 4.49. The molecule has 1 heterocycles. The number of cyclic esters (lactones) is 1. The zero-order chi connectivity index (χ0) is 6.15. The Kier molecular flexibility index (Phi) is 1.21. The molecule has 0 spiro atoms. The molecule has 1 aliphatic rings. The Morgan fingerprint density at radius 2 is 2.50 bits per heavy atom. The lowest BCUT2D eigenvalue weighted by Gasteiger charge is -1.97. The smallest absolute Gasteiger partial charge is 0.311 e. The third kappa shape index (κ3) is 0.690. The molecule has 0 aromatic heterocycles. The first-order valence-electron chi connectivity index (χ1n) is 2.56. The van der Waals surface area contributed by atoms with Crippen molar-refractivity contribution in [1.29, 1.82) is 0 Å². The van der Waals surface area contributed by atoms with Gasteiger partial charge < -0.3 is 9.84 Å². The van der Waals surface area contributed by atoms with Gasteiger partial charge in [0, 0.05) is 0 Å². The van der Waals surface area contributed by atoms with Crippen LogP contribution in [-0.2, 0) is 9.53 Å². The molecule has 1 fully saturated rings. The SMILES string of the molecule is C[C@@H]1C(=O)OC[C@@H]1O. The first-order valence-corrected chi connectivity index (χ1v) is 2.56. The first kappa shape index (κ1) is 5.56. The third-order valence-electron chi connectivity index (χ3n) is 1.35. The fraction of sp³-hybridized carbons (Fsp3) is 0.800. The van der Waals surface area contributed by atoms with Crippen molar-refractivity contribution in [2.24, 2.45) is 5.92 Å². The summed E-state index contributed by atoms with van der Waals surface area (Å²) >= 11 is 0. The highest BCUT2D eigenvalue weighted by molar-refractivity contribution is 5.74. The number of esters is 1. The second-order valence-corrected chi connectivity index (χ2v) is 1.99. The summed E-state index contributed by atoms with van der Waals surface area (Å²) in [6.07, 6.45) is -0.581. The standard InChI is InChI=1S/C5H8O3/c1-3-4(6)2-8-5(3)7/h3-4,6H,2H2,1H3/t3-,4-/m0/s1. The molecule has 3 heteroatoms. The maximum absolute atomic E-state index is 10.4. The number of carbonyl (C=O) groups excluding carboxylic acids is 1. The van der Waals surface area contributed by atoms with Crippen molar-refractivity contribution >= 4 is 5.97 Å². The fourth-order valence-corrected chi connectivity index (χ4v) is 0.600. The molecule has 0 aromatic rings. The van der Waals surface area contributed by atoms with Gasteiger partial charge in [0.15, 0.2) is 0 Å². The Balaban J connectivity index is 2.56. The van der Waals surface area contributed by atoms with E-state index in [9.17, 15) is 4.79 Å². The van der Waals surface area contributed by atoms with Crippen molar-refractivity contribution in [3.05, 3.63) is 0 Å². The van der Waals surface area contributed by atoms with Crippen LogP contribution in [0.25, 0.3) is 0 Å². The normalized spacial score (nSPS) is 37.5. The average molecular weight is 116 g/mol. The van der Waals surface area contributed by atoms with E-state index in [-0.39, 0.29) is 18.5 Å². The quantitative estimate of drug-likeness (QED) is 0.435. The van der Waals surface area contributed by atoms with Crippen molar-refractivity contribution in [1.82, 2.24) is 0 Å². The highest BCUT2D eigenvalue weighted by Crippen LogP contribution is 2.12. The van der Waals surface area contributed by atoms with Crippen LogP contribution < -0.4 is 0 Å². The predicted molar refractivity (Wildman–Crippen MR) is 26.1 cm³/mol. The van der Waals surface area contributed by atoms with Gasteiger partial charge in [-0.15, -0.1) is 0 Å². The van der Waals surface area contributed by atoms with Crippen LogP contribution in [0.2, 0.25) is 0 Å². The van der Waals surface area contributed by atoms with Gasteiger partial charge in [-0.25, -0.2) is 0 Å². The Morgan fingerprint density at radius 3 is 2.62 bits per heavy atom. The molecule has 1 aliphatic heterocycles. The summed E-state index contributed by atoms with van der Waals surface area (Å²) in [5.41, 5.74) is 0. The van der Waals surface area contributed by atoms with E-state index in [2.05, 4.69) is 4.74 Å². The summed E-state index contributed by atoms with van der Waals surface area (Å²) in [4.78, 5) is 10.4. The Bertz CT molecular complexity index is 110. The fourth-order valence-electron chi connectivity index (χ4n) is 0.600. The van der Waals surface area contributed by atoms with Gasteiger partial charge in [0.1, 0.15) is 12.7 Å². The monoisotopic (exact) mass is 116 g/mol. The maximum Gasteiger partial charge on any atom is 0.311 e. The molecule has 8 heavy (non-hydrogen) atoms. The van der Waals surface area contributed by atoms with E-state index < -0.39 is 6.10 Å². The van der Waals surface area contributed by atoms with E-state index in [1.165, 1.54) is 0 Å². The van der Waals surface area contributed by atoms with Crippen LogP contribution in [0.1, 0.15) is 6.92 Å². The minimum atomic E-state index is -0.581. The van der Waals surface area contributed by atoms with Crippen molar-refractivity contribution in [3.63, 3.8) is 0 Å². The number of aliphatic hydroxyl groups excluding tert-OH is 1. The van der Waals surface area contributed by atoms with E-state index in [0.717, 1.165) is 0 Å². The molecule has 46 valence electrons. The van der Waals surface area contributed by atoms with E-state index in [0.29, 0.717) is 0 Å². The molecule has 1 N–H and O–H groups in total. The van der Waals surface area contributed by atoms with Gasteiger partial charge in [-0.2, -0.15) is 0 Å². The minimum Gasteiger partial charge on any atom is -0.463 e. The largest absolute Gasteiger partial charge is 0.463 e. The van der Waals surface area contributed by atoms with Crippen LogP contribution in [0.5, 0.6) is 0 Å². The molecule has 1 saturated heterocycles. The topological polar surface area (TPSA) is 46.5 Å². The van der Waals surface area contributed by atoms with Crippen LogP contribution in [0.15, 0.2) is 0 Å². The molecule has 0 bridgehead atoms. The zero-order valence-corrected chi connectivity index (χ0v) is 4.63. The van der Waals surface area contributed by atoms with Crippen molar-refractivity contribution in [3.8, 4) is 0 Å². The Hall–Kier alpha value is -0.570. The number of aliphatic hydroxyl groups is 1. The summed E-state index contributed by atoms with van der Waals surface area (Å²) in [6, 6.07) is 0. The van der Waals surface area contributed by atoms with E-state index in [1.54, 1.807) is 6.92 Å². The van der Waals surface area contributed by atoms with Crippen molar-refractivity contribution in [2.75, 3.05) is 6.61 Å². The molecule has 0 amide bonds. The summed E-state index contributed by atoms with van der Waals surface area (Å²) in [7, 11) is 0. The molecule has 1 rings (SSSR count). The molecule has 0 saturated carbocycles. The molecule has 2 atom stereocenters. The van der Waals surface area contributed by atoms with Gasteiger partial charge in [0.25, 0.3) is 0 Å². The van der Waals surface area contributed by atoms with Gasteiger partial charge in [-0.05, 0) is 6.92 Å². The second-order valence-electron chi connectivity index (χ2n) is 1.99. The van der Waals surface area contributed by atoms with Crippen molar-refractivity contribution < 1.29 is 14.6 Å². The first-order chi connectivity index (χ1) is 3.72. The van der Waals surface area contributed by atoms with Crippen molar-refractivity contribution in [2.45, 2.75) is 13.0 Å². The second kappa shape index (κ2) is 1.74. The third-order valence-corrected chi connectivity index (χ3v) is 1.35. The predicted octanol–water partition coefficient (Wildman–Crippen LogP) is -0.460. The van der Waals surface area contributed by atoms with Crippen LogP contribution >= 0.6 is 0 Å². The number of hydrogen-bond donors (Lipinski definition) is 1. The molecule has 3 nitrogen and oxygen atoms in total. The molecule has 0 aromatic carbocycles. The Labute approximate surface area is 47.3 Å². The van der Waals surface area contributed by atoms with Crippen LogP contribution in [-0.4, -0.2) is 23.8 Å². The minimum absolute atomic E-state index is 0.167. The lowest BCUT2D eigenvalue weighted by atomic mass is 10.1. The Morgan fingerprint density at radius 1 is 1.88 bits per heavy atom. The van der Waals surface area contributed by atoms with Gasteiger partial charge in [-0.1, -0.05) is 0 Å². The summed E-state index contributed by atoms with van der Waals surface area (Å²) in [5.74, 6) is -0.618. The van der Waals surface area contributed by atoms with E-state index in [4.69, 9.17) is 5.11 Å². The highest BCUT2D eigenvalue weighted by Gasteiger charge is 2.30. The van der Waals surface area contributed by atoms with E-state index >= 15 is 0 Å². The molecule has 0 aliphatic carbocycles. The number of rotatable bonds is 0. The average Bonchev–Trinajstić information content (AvgIpc) is 1.98. The zero-order valence-electron chi connectivity index (χ0n) is 4.63. The number of ether oxygens (including phenoxy) is 1. The number of carbonyl (C=O) groups is 1. The lowest BCUT2D eigenvalue weighted by Crippen LogP contribution is -2.16. The van der Waals surface area contributed by atoms with Gasteiger partial charge >= 0.3 is 5.97 Å².